The highest BCUT2D eigenvalue weighted by molar-refractivity contribution is 5.79. The molecular formula is C21H37N3O3. The number of methoxy groups -OCH3 is 1. The van der Waals surface area contributed by atoms with E-state index < -0.39 is 0 Å². The van der Waals surface area contributed by atoms with Gasteiger partial charge in [0.25, 0.3) is 0 Å². The molecule has 6 heteroatoms. The normalized spacial score (nSPS) is 12.0. The van der Waals surface area contributed by atoms with Crippen molar-refractivity contribution in [3.8, 4) is 11.5 Å². The molecule has 1 rings (SSSR count). The van der Waals surface area contributed by atoms with Gasteiger partial charge in [-0.2, -0.15) is 0 Å². The summed E-state index contributed by atoms with van der Waals surface area (Å²) in [4.78, 5) is 4.71. The molecule has 0 aliphatic carbocycles. The molecule has 0 bridgehead atoms. The molecule has 0 aliphatic rings. The van der Waals surface area contributed by atoms with Crippen LogP contribution in [-0.4, -0.2) is 44.5 Å². The zero-order valence-corrected chi connectivity index (χ0v) is 17.6. The summed E-state index contributed by atoms with van der Waals surface area (Å²) in [5.41, 5.74) is 1.15. The Hall–Kier alpha value is -1.95. The van der Waals surface area contributed by atoms with Crippen LogP contribution in [0.3, 0.4) is 0 Å². The Bertz CT molecular complexity index is 572. The van der Waals surface area contributed by atoms with Gasteiger partial charge in [0, 0.05) is 19.7 Å². The molecule has 0 unspecified atom stereocenters. The van der Waals surface area contributed by atoms with Crippen LogP contribution < -0.4 is 20.1 Å². The Labute approximate surface area is 164 Å². The SMILES string of the molecule is CCNC(=NCc1ccc(OC)c(OCC)c1)NCC(CC)(CC)CCO. The predicted molar refractivity (Wildman–Crippen MR) is 112 cm³/mol. The summed E-state index contributed by atoms with van der Waals surface area (Å²) in [6.07, 6.45) is 2.84. The lowest BCUT2D eigenvalue weighted by molar-refractivity contribution is 0.169. The monoisotopic (exact) mass is 379 g/mol. The summed E-state index contributed by atoms with van der Waals surface area (Å²) in [6.45, 7) is 11.3. The second-order valence-corrected chi connectivity index (χ2v) is 6.65. The van der Waals surface area contributed by atoms with Crippen LogP contribution >= 0.6 is 0 Å². The van der Waals surface area contributed by atoms with E-state index in [0.717, 1.165) is 55.4 Å². The number of rotatable bonds is 12. The molecule has 0 radical (unpaired) electrons. The summed E-state index contributed by atoms with van der Waals surface area (Å²) < 4.78 is 11.0. The zero-order chi connectivity index (χ0) is 20.1. The van der Waals surface area contributed by atoms with E-state index in [0.29, 0.717) is 13.2 Å². The average Bonchev–Trinajstić information content (AvgIpc) is 2.69. The first-order valence-electron chi connectivity index (χ1n) is 10.0. The van der Waals surface area contributed by atoms with Gasteiger partial charge in [-0.3, -0.25) is 0 Å². The number of nitrogens with zero attached hydrogens (tertiary/aromatic N) is 1. The van der Waals surface area contributed by atoms with Gasteiger partial charge in [-0.1, -0.05) is 19.9 Å². The lowest BCUT2D eigenvalue weighted by Crippen LogP contribution is -2.43. The minimum Gasteiger partial charge on any atom is -0.493 e. The first-order chi connectivity index (χ1) is 13.1. The molecular weight excluding hydrogens is 342 g/mol. The van der Waals surface area contributed by atoms with Crippen molar-refractivity contribution in [3.63, 3.8) is 0 Å². The Morgan fingerprint density at radius 2 is 1.85 bits per heavy atom. The van der Waals surface area contributed by atoms with Crippen molar-refractivity contribution in [1.82, 2.24) is 10.6 Å². The van der Waals surface area contributed by atoms with Crippen LogP contribution in [0.1, 0.15) is 52.5 Å². The van der Waals surface area contributed by atoms with Crippen molar-refractivity contribution < 1.29 is 14.6 Å². The van der Waals surface area contributed by atoms with Crippen LogP contribution in [0, 0.1) is 5.41 Å². The van der Waals surface area contributed by atoms with Crippen LogP contribution in [0.25, 0.3) is 0 Å². The predicted octanol–water partition coefficient (Wildman–Crippen LogP) is 3.34. The highest BCUT2D eigenvalue weighted by Crippen LogP contribution is 2.30. The Balaban J connectivity index is 2.85. The van der Waals surface area contributed by atoms with E-state index in [1.807, 2.05) is 25.1 Å². The first kappa shape index (κ1) is 23.1. The fourth-order valence-electron chi connectivity index (χ4n) is 3.05. The summed E-state index contributed by atoms with van der Waals surface area (Å²) >= 11 is 0. The van der Waals surface area contributed by atoms with Crippen LogP contribution in [0.5, 0.6) is 11.5 Å². The zero-order valence-electron chi connectivity index (χ0n) is 17.6. The maximum Gasteiger partial charge on any atom is 0.191 e. The maximum absolute atomic E-state index is 9.40. The van der Waals surface area contributed by atoms with Gasteiger partial charge in [-0.15, -0.1) is 0 Å². The second kappa shape index (κ2) is 12.4. The maximum atomic E-state index is 9.40. The topological polar surface area (TPSA) is 75.1 Å². The van der Waals surface area contributed by atoms with E-state index in [1.165, 1.54) is 0 Å². The third-order valence-corrected chi connectivity index (χ3v) is 5.06. The second-order valence-electron chi connectivity index (χ2n) is 6.65. The fourth-order valence-corrected chi connectivity index (χ4v) is 3.05. The summed E-state index contributed by atoms with van der Waals surface area (Å²) in [7, 11) is 1.64. The van der Waals surface area contributed by atoms with Gasteiger partial charge in [-0.25, -0.2) is 4.99 Å². The Morgan fingerprint density at radius 1 is 1.11 bits per heavy atom. The number of ether oxygens (including phenoxy) is 2. The van der Waals surface area contributed by atoms with Gasteiger partial charge >= 0.3 is 0 Å². The minimum absolute atomic E-state index is 0.0905. The molecule has 0 saturated carbocycles. The molecule has 0 fully saturated rings. The highest BCUT2D eigenvalue weighted by Gasteiger charge is 2.25. The van der Waals surface area contributed by atoms with Crippen molar-refractivity contribution in [2.45, 2.75) is 53.5 Å². The molecule has 0 saturated heterocycles. The van der Waals surface area contributed by atoms with Crippen LogP contribution in [-0.2, 0) is 6.54 Å². The first-order valence-corrected chi connectivity index (χ1v) is 10.0. The largest absolute Gasteiger partial charge is 0.493 e. The number of nitrogens with one attached hydrogen (secondary N) is 2. The molecule has 154 valence electrons. The number of guanidine groups is 1. The smallest absolute Gasteiger partial charge is 0.191 e. The molecule has 0 aromatic heterocycles. The van der Waals surface area contributed by atoms with Crippen molar-refractivity contribution in [2.75, 3.05) is 33.4 Å². The van der Waals surface area contributed by atoms with Gasteiger partial charge in [0.1, 0.15) is 0 Å². The number of hydrogen-bond donors (Lipinski definition) is 3. The summed E-state index contributed by atoms with van der Waals surface area (Å²) in [5.74, 6) is 2.26. The standard InChI is InChI=1S/C21H37N3O3/c1-6-21(7-2,12-13-25)16-24-20(22-8-3)23-15-17-10-11-18(26-5)19(14-17)27-9-4/h10-11,14,25H,6-9,12-13,15-16H2,1-5H3,(H2,22,23,24). The molecule has 27 heavy (non-hydrogen) atoms. The lowest BCUT2D eigenvalue weighted by atomic mass is 9.79. The van der Waals surface area contributed by atoms with Gasteiger partial charge < -0.3 is 25.2 Å². The van der Waals surface area contributed by atoms with Crippen LogP contribution in [0.4, 0.5) is 0 Å². The van der Waals surface area contributed by atoms with Gasteiger partial charge in [0.2, 0.25) is 0 Å². The van der Waals surface area contributed by atoms with E-state index in [9.17, 15) is 5.11 Å². The number of aliphatic hydroxyl groups is 1. The number of aliphatic hydroxyl groups excluding tert-OH is 1. The van der Waals surface area contributed by atoms with Gasteiger partial charge in [0.15, 0.2) is 17.5 Å². The summed E-state index contributed by atoms with van der Waals surface area (Å²) in [6, 6.07) is 5.89. The van der Waals surface area contributed by atoms with E-state index in [4.69, 9.17) is 14.5 Å². The molecule has 0 amide bonds. The molecule has 0 atom stereocenters. The van der Waals surface area contributed by atoms with Crippen molar-refractivity contribution >= 4 is 5.96 Å². The Kier molecular flexibility index (Phi) is 10.6. The van der Waals surface area contributed by atoms with Crippen LogP contribution in [0.2, 0.25) is 0 Å². The molecule has 3 N–H and O–H groups in total. The number of benzene rings is 1. The fraction of sp³-hybridized carbons (Fsp3) is 0.667. The van der Waals surface area contributed by atoms with Gasteiger partial charge in [-0.05, 0) is 56.2 Å². The van der Waals surface area contributed by atoms with E-state index in [1.54, 1.807) is 7.11 Å². The third kappa shape index (κ3) is 7.29. The van der Waals surface area contributed by atoms with E-state index in [-0.39, 0.29) is 12.0 Å². The van der Waals surface area contributed by atoms with Crippen LogP contribution in [0.15, 0.2) is 23.2 Å². The molecule has 0 spiro atoms. The molecule has 1 aromatic carbocycles. The average molecular weight is 380 g/mol. The van der Waals surface area contributed by atoms with Crippen molar-refractivity contribution in [1.29, 1.82) is 0 Å². The van der Waals surface area contributed by atoms with E-state index in [2.05, 4.69) is 31.4 Å². The van der Waals surface area contributed by atoms with Gasteiger partial charge in [0.05, 0.1) is 20.3 Å². The molecule has 0 aliphatic heterocycles. The lowest BCUT2D eigenvalue weighted by Gasteiger charge is -2.32. The van der Waals surface area contributed by atoms with E-state index >= 15 is 0 Å². The van der Waals surface area contributed by atoms with Crippen molar-refractivity contribution in [2.24, 2.45) is 10.4 Å². The van der Waals surface area contributed by atoms with Crippen molar-refractivity contribution in [3.05, 3.63) is 23.8 Å². The number of hydrogen-bond acceptors (Lipinski definition) is 4. The molecule has 0 heterocycles. The molecule has 1 aromatic rings. The molecule has 6 nitrogen and oxygen atoms in total. The summed E-state index contributed by atoms with van der Waals surface area (Å²) in [5, 5.41) is 16.2. The third-order valence-electron chi connectivity index (χ3n) is 5.06. The minimum atomic E-state index is 0.0905. The number of aliphatic imine (C=N–C) groups is 1. The quantitative estimate of drug-likeness (QED) is 0.384. The Morgan fingerprint density at radius 3 is 2.41 bits per heavy atom. The highest BCUT2D eigenvalue weighted by atomic mass is 16.5.